The van der Waals surface area contributed by atoms with Crippen molar-refractivity contribution in [2.45, 2.75) is 13.0 Å². The fourth-order valence-corrected chi connectivity index (χ4v) is 4.52. The number of likely N-dealkylation sites (tertiary alicyclic amines) is 1. The van der Waals surface area contributed by atoms with Gasteiger partial charge in [-0.1, -0.05) is 48.6 Å². The van der Waals surface area contributed by atoms with E-state index in [2.05, 4.69) is 11.5 Å². The average molecular weight is 493 g/mol. The van der Waals surface area contributed by atoms with Gasteiger partial charge in [0.15, 0.2) is 11.5 Å². The molecule has 2 saturated heterocycles. The molecule has 36 heavy (non-hydrogen) atoms. The summed E-state index contributed by atoms with van der Waals surface area (Å²) in [7, 11) is 1.53. The Hall–Kier alpha value is -3.62. The molecule has 0 aromatic heterocycles. The van der Waals surface area contributed by atoms with Gasteiger partial charge < -0.3 is 24.2 Å². The van der Waals surface area contributed by atoms with Crippen LogP contribution in [0.5, 0.6) is 11.5 Å². The summed E-state index contributed by atoms with van der Waals surface area (Å²) in [6, 6.07) is 11.7. The Morgan fingerprint density at radius 1 is 1.11 bits per heavy atom. The molecule has 0 aliphatic carbocycles. The number of hydrogen-bond donors (Lipinski definition) is 1. The first kappa shape index (κ1) is 25.5. The predicted octanol–water partition coefficient (Wildman–Crippen LogP) is 3.32. The highest BCUT2D eigenvalue weighted by atomic mass is 16.5. The molecular weight excluding hydrogens is 460 g/mol. The number of aliphatic hydroxyl groups is 1. The molecule has 2 aliphatic rings. The molecule has 2 aliphatic heterocycles. The molecule has 0 spiro atoms. The van der Waals surface area contributed by atoms with Crippen LogP contribution in [-0.4, -0.2) is 79.7 Å². The Kier molecular flexibility index (Phi) is 8.07. The summed E-state index contributed by atoms with van der Waals surface area (Å²) in [6.45, 7) is 9.64. The second-order valence-electron chi connectivity index (χ2n) is 8.82. The lowest BCUT2D eigenvalue weighted by atomic mass is 9.94. The first-order valence-corrected chi connectivity index (χ1v) is 12.0. The van der Waals surface area contributed by atoms with Crippen molar-refractivity contribution in [3.05, 3.63) is 77.4 Å². The maximum atomic E-state index is 13.3. The molecule has 0 unspecified atom stereocenters. The second-order valence-corrected chi connectivity index (χ2v) is 8.82. The van der Waals surface area contributed by atoms with Gasteiger partial charge in [0.05, 0.1) is 31.9 Å². The predicted molar refractivity (Wildman–Crippen MR) is 136 cm³/mol. The second kappa shape index (κ2) is 11.4. The Labute approximate surface area is 211 Å². The van der Waals surface area contributed by atoms with Crippen molar-refractivity contribution in [3.63, 3.8) is 0 Å². The van der Waals surface area contributed by atoms with Crippen molar-refractivity contribution >= 4 is 17.4 Å². The third-order valence-corrected chi connectivity index (χ3v) is 6.49. The number of carbonyl (C=O) groups is 2. The number of aliphatic hydroxyl groups excluding tert-OH is 1. The molecule has 1 N–H and O–H groups in total. The maximum Gasteiger partial charge on any atom is 0.295 e. The number of ketones is 1. The van der Waals surface area contributed by atoms with Crippen molar-refractivity contribution in [2.24, 2.45) is 0 Å². The maximum absolute atomic E-state index is 13.3. The van der Waals surface area contributed by atoms with Crippen molar-refractivity contribution in [1.82, 2.24) is 9.80 Å². The van der Waals surface area contributed by atoms with E-state index in [0.717, 1.165) is 18.7 Å². The van der Waals surface area contributed by atoms with Crippen LogP contribution in [0, 0.1) is 6.92 Å². The minimum Gasteiger partial charge on any atom is -0.507 e. The van der Waals surface area contributed by atoms with Crippen LogP contribution in [0.4, 0.5) is 0 Å². The molecule has 2 aromatic carbocycles. The monoisotopic (exact) mass is 492 g/mol. The van der Waals surface area contributed by atoms with Gasteiger partial charge in [-0.3, -0.25) is 14.5 Å². The summed E-state index contributed by atoms with van der Waals surface area (Å²) >= 11 is 0. The average Bonchev–Trinajstić information content (AvgIpc) is 3.16. The zero-order valence-corrected chi connectivity index (χ0v) is 20.7. The van der Waals surface area contributed by atoms with E-state index in [1.807, 2.05) is 19.1 Å². The summed E-state index contributed by atoms with van der Waals surface area (Å²) in [6.07, 6.45) is 1.63. The normalized spacial score (nSPS) is 19.9. The van der Waals surface area contributed by atoms with E-state index >= 15 is 0 Å². The van der Waals surface area contributed by atoms with Crippen LogP contribution in [-0.2, 0) is 14.3 Å². The van der Waals surface area contributed by atoms with Crippen LogP contribution >= 0.6 is 0 Å². The first-order valence-electron chi connectivity index (χ1n) is 12.0. The number of hydrogen-bond acceptors (Lipinski definition) is 7. The third kappa shape index (κ3) is 5.29. The lowest BCUT2D eigenvalue weighted by Gasteiger charge is -2.31. The minimum atomic E-state index is -0.769. The highest BCUT2D eigenvalue weighted by Gasteiger charge is 2.46. The summed E-state index contributed by atoms with van der Waals surface area (Å²) in [5.41, 5.74) is 2.21. The Balaban J connectivity index is 1.76. The summed E-state index contributed by atoms with van der Waals surface area (Å²) in [5, 5.41) is 11.2. The topological polar surface area (TPSA) is 88.5 Å². The number of rotatable bonds is 9. The van der Waals surface area contributed by atoms with Crippen molar-refractivity contribution in [3.8, 4) is 11.5 Å². The minimum absolute atomic E-state index is 0.0626. The van der Waals surface area contributed by atoms with Gasteiger partial charge in [-0.25, -0.2) is 0 Å². The highest BCUT2D eigenvalue weighted by molar-refractivity contribution is 6.46. The van der Waals surface area contributed by atoms with Crippen molar-refractivity contribution in [1.29, 1.82) is 0 Å². The smallest absolute Gasteiger partial charge is 0.295 e. The van der Waals surface area contributed by atoms with E-state index in [0.29, 0.717) is 55.5 Å². The van der Waals surface area contributed by atoms with Crippen LogP contribution in [0.3, 0.4) is 0 Å². The fourth-order valence-electron chi connectivity index (χ4n) is 4.52. The lowest BCUT2D eigenvalue weighted by Crippen LogP contribution is -2.42. The van der Waals surface area contributed by atoms with Gasteiger partial charge >= 0.3 is 0 Å². The molecule has 8 nitrogen and oxygen atoms in total. The van der Waals surface area contributed by atoms with E-state index < -0.39 is 17.7 Å². The number of nitrogens with zero attached hydrogens (tertiary/aromatic N) is 2. The zero-order chi connectivity index (χ0) is 25.7. The van der Waals surface area contributed by atoms with Crippen LogP contribution in [0.15, 0.2) is 60.7 Å². The van der Waals surface area contributed by atoms with Crippen molar-refractivity contribution in [2.75, 3.05) is 53.1 Å². The van der Waals surface area contributed by atoms with E-state index in [-0.39, 0.29) is 11.3 Å². The standard InChI is InChI=1S/C28H32N2O6/c1-4-15-36-22-10-9-21(18-23(22)34-3)25-24(26(31)20-7-5-19(2)6-8-20)27(32)28(33)30(25)12-11-29-13-16-35-17-14-29/h4-10,18,25,31H,1,11-17H2,2-3H3/t25-/m0/s1. The SMILES string of the molecule is C=CCOc1ccc([C@H]2C(=C(O)c3ccc(C)cc3)C(=O)C(=O)N2CCN2CCOCC2)cc1OC. The fraction of sp³-hybridized carbons (Fsp3) is 0.357. The molecule has 190 valence electrons. The Morgan fingerprint density at radius 2 is 1.83 bits per heavy atom. The number of aryl methyl sites for hydroxylation is 1. The van der Waals surface area contributed by atoms with E-state index in [1.54, 1.807) is 36.4 Å². The highest BCUT2D eigenvalue weighted by Crippen LogP contribution is 2.42. The van der Waals surface area contributed by atoms with Crippen LogP contribution in [0.25, 0.3) is 5.76 Å². The molecule has 0 bridgehead atoms. The molecular formula is C28H32N2O6. The quantitative estimate of drug-likeness (QED) is 0.249. The van der Waals surface area contributed by atoms with Gasteiger partial charge in [0, 0.05) is 31.7 Å². The van der Waals surface area contributed by atoms with Crippen LogP contribution in [0.2, 0.25) is 0 Å². The zero-order valence-electron chi connectivity index (χ0n) is 20.7. The van der Waals surface area contributed by atoms with Gasteiger partial charge in [0.1, 0.15) is 12.4 Å². The van der Waals surface area contributed by atoms with E-state index in [9.17, 15) is 14.7 Å². The van der Waals surface area contributed by atoms with Gasteiger partial charge in [-0.15, -0.1) is 0 Å². The number of methoxy groups -OCH3 is 1. The molecule has 8 heteroatoms. The molecule has 2 heterocycles. The number of morpholine rings is 1. The van der Waals surface area contributed by atoms with Gasteiger partial charge in [-0.2, -0.15) is 0 Å². The van der Waals surface area contributed by atoms with E-state index in [1.165, 1.54) is 12.0 Å². The molecule has 0 saturated carbocycles. The number of carbonyl (C=O) groups excluding carboxylic acids is 2. The summed E-state index contributed by atoms with van der Waals surface area (Å²) in [5.74, 6) is -0.551. The van der Waals surface area contributed by atoms with Crippen molar-refractivity contribution < 1.29 is 28.9 Å². The Morgan fingerprint density at radius 3 is 2.50 bits per heavy atom. The van der Waals surface area contributed by atoms with Gasteiger partial charge in [0.2, 0.25) is 0 Å². The molecule has 2 fully saturated rings. The number of ether oxygens (including phenoxy) is 3. The number of Topliss-reactive ketones (excluding diaryl/α,β-unsaturated/α-hetero) is 1. The van der Waals surface area contributed by atoms with Gasteiger partial charge in [-0.05, 0) is 24.6 Å². The molecule has 4 rings (SSSR count). The molecule has 2 aromatic rings. The molecule has 0 radical (unpaired) electrons. The third-order valence-electron chi connectivity index (χ3n) is 6.49. The number of benzene rings is 2. The summed E-state index contributed by atoms with van der Waals surface area (Å²) < 4.78 is 16.6. The van der Waals surface area contributed by atoms with E-state index in [4.69, 9.17) is 14.2 Å². The lowest BCUT2D eigenvalue weighted by molar-refractivity contribution is -0.140. The molecule has 1 atom stereocenters. The largest absolute Gasteiger partial charge is 0.507 e. The van der Waals surface area contributed by atoms with Crippen LogP contribution < -0.4 is 9.47 Å². The summed E-state index contributed by atoms with van der Waals surface area (Å²) in [4.78, 5) is 30.3. The Bertz CT molecular complexity index is 1150. The first-order chi connectivity index (χ1) is 17.4. The number of amides is 1. The molecule has 1 amide bonds. The van der Waals surface area contributed by atoms with Crippen LogP contribution in [0.1, 0.15) is 22.7 Å². The van der Waals surface area contributed by atoms with Gasteiger partial charge in [0.25, 0.3) is 11.7 Å².